The second-order valence-corrected chi connectivity index (χ2v) is 8.80. The van der Waals surface area contributed by atoms with E-state index in [-0.39, 0.29) is 18.0 Å². The lowest BCUT2D eigenvalue weighted by atomic mass is 10.4. The third-order valence-electron chi connectivity index (χ3n) is 2.92. The number of rotatable bonds is 4. The first-order chi connectivity index (χ1) is 9.45. The zero-order valence-electron chi connectivity index (χ0n) is 11.0. The van der Waals surface area contributed by atoms with Crippen LogP contribution in [0.1, 0.15) is 6.92 Å². The Bertz CT molecular complexity index is 611. The fraction of sp³-hybridized carbons (Fsp3) is 0.545. The average Bonchev–Trinajstić information content (AvgIpc) is 2.41. The Hall–Kier alpha value is -0.510. The van der Waals surface area contributed by atoms with Gasteiger partial charge in [-0.15, -0.1) is 0 Å². The summed E-state index contributed by atoms with van der Waals surface area (Å²) in [5, 5.41) is 2.96. The van der Waals surface area contributed by atoms with Gasteiger partial charge < -0.3 is 5.32 Å². The van der Waals surface area contributed by atoms with Gasteiger partial charge in [0.2, 0.25) is 10.0 Å². The number of anilines is 1. The molecule has 6 nitrogen and oxygen atoms in total. The predicted molar refractivity (Wildman–Crippen MR) is 82.7 cm³/mol. The maximum atomic E-state index is 12.7. The minimum atomic E-state index is -3.62. The van der Waals surface area contributed by atoms with Crippen molar-refractivity contribution in [1.82, 2.24) is 9.29 Å². The zero-order valence-corrected chi connectivity index (χ0v) is 14.2. The summed E-state index contributed by atoms with van der Waals surface area (Å²) in [6.45, 7) is 3.03. The Morgan fingerprint density at radius 1 is 1.45 bits per heavy atom. The van der Waals surface area contributed by atoms with Crippen LogP contribution < -0.4 is 5.32 Å². The minimum absolute atomic E-state index is 0.154. The van der Waals surface area contributed by atoms with Gasteiger partial charge in [-0.1, -0.05) is 0 Å². The molecular formula is C11H16BrN3O3S2. The molecule has 1 N–H and O–H groups in total. The van der Waals surface area contributed by atoms with Crippen LogP contribution in [0, 0.1) is 0 Å². The van der Waals surface area contributed by atoms with Crippen molar-refractivity contribution >= 4 is 42.6 Å². The van der Waals surface area contributed by atoms with Crippen molar-refractivity contribution in [2.75, 3.05) is 36.5 Å². The van der Waals surface area contributed by atoms with Gasteiger partial charge in [0, 0.05) is 52.6 Å². The highest BCUT2D eigenvalue weighted by Crippen LogP contribution is 2.26. The van der Waals surface area contributed by atoms with E-state index in [0.29, 0.717) is 28.3 Å². The quantitative estimate of drug-likeness (QED) is 0.842. The SMILES string of the molecule is CCNc1ncc(Br)cc1S(=O)(=O)N1CCS(=O)CC1. The molecule has 0 atom stereocenters. The summed E-state index contributed by atoms with van der Waals surface area (Å²) in [4.78, 5) is 4.27. The maximum absolute atomic E-state index is 12.7. The van der Waals surface area contributed by atoms with Crippen LogP contribution >= 0.6 is 15.9 Å². The van der Waals surface area contributed by atoms with Crippen molar-refractivity contribution in [3.05, 3.63) is 16.7 Å². The second-order valence-electron chi connectivity index (χ2n) is 4.28. The Morgan fingerprint density at radius 3 is 2.70 bits per heavy atom. The molecule has 0 saturated carbocycles. The molecule has 0 spiro atoms. The van der Waals surface area contributed by atoms with E-state index in [1.54, 1.807) is 12.3 Å². The summed E-state index contributed by atoms with van der Waals surface area (Å²) >= 11 is 3.25. The maximum Gasteiger partial charge on any atom is 0.246 e. The summed E-state index contributed by atoms with van der Waals surface area (Å²) < 4.78 is 38.7. The van der Waals surface area contributed by atoms with Crippen LogP contribution in [0.5, 0.6) is 0 Å². The summed E-state index contributed by atoms with van der Waals surface area (Å²) in [5.41, 5.74) is 0. The third kappa shape index (κ3) is 3.38. The molecule has 1 aliphatic heterocycles. The second kappa shape index (κ2) is 6.50. The van der Waals surface area contributed by atoms with Gasteiger partial charge in [0.1, 0.15) is 10.7 Å². The van der Waals surface area contributed by atoms with Gasteiger partial charge in [-0.3, -0.25) is 4.21 Å². The van der Waals surface area contributed by atoms with Crippen molar-refractivity contribution in [2.24, 2.45) is 0 Å². The van der Waals surface area contributed by atoms with Crippen LogP contribution in [-0.4, -0.2) is 53.1 Å². The molecule has 0 amide bonds. The van der Waals surface area contributed by atoms with Crippen LogP contribution in [-0.2, 0) is 20.8 Å². The average molecular weight is 382 g/mol. The number of halogens is 1. The summed E-state index contributed by atoms with van der Waals surface area (Å²) in [5.74, 6) is 1.12. The first kappa shape index (κ1) is 15.9. The van der Waals surface area contributed by atoms with Crippen LogP contribution in [0.2, 0.25) is 0 Å². The van der Waals surface area contributed by atoms with E-state index in [1.807, 2.05) is 6.92 Å². The highest BCUT2D eigenvalue weighted by atomic mass is 79.9. The molecular weight excluding hydrogens is 366 g/mol. The topological polar surface area (TPSA) is 79.4 Å². The van der Waals surface area contributed by atoms with Crippen molar-refractivity contribution < 1.29 is 12.6 Å². The Balaban J connectivity index is 2.38. The van der Waals surface area contributed by atoms with Crippen molar-refractivity contribution in [1.29, 1.82) is 0 Å². The number of nitrogens with zero attached hydrogens (tertiary/aromatic N) is 2. The molecule has 1 aromatic heterocycles. The molecule has 1 fully saturated rings. The number of aromatic nitrogens is 1. The van der Waals surface area contributed by atoms with E-state index in [4.69, 9.17) is 0 Å². The van der Waals surface area contributed by atoms with Gasteiger partial charge in [-0.25, -0.2) is 13.4 Å². The number of sulfonamides is 1. The van der Waals surface area contributed by atoms with Gasteiger partial charge in [-0.05, 0) is 28.9 Å². The van der Waals surface area contributed by atoms with Gasteiger partial charge in [-0.2, -0.15) is 4.31 Å². The molecule has 0 radical (unpaired) electrons. The van der Waals surface area contributed by atoms with Gasteiger partial charge in [0.15, 0.2) is 0 Å². The Morgan fingerprint density at radius 2 is 2.10 bits per heavy atom. The number of pyridine rings is 1. The fourth-order valence-electron chi connectivity index (χ4n) is 1.92. The van der Waals surface area contributed by atoms with Crippen LogP contribution in [0.3, 0.4) is 0 Å². The molecule has 20 heavy (non-hydrogen) atoms. The van der Waals surface area contributed by atoms with E-state index < -0.39 is 20.8 Å². The molecule has 0 unspecified atom stereocenters. The van der Waals surface area contributed by atoms with E-state index in [0.717, 1.165) is 0 Å². The van der Waals surface area contributed by atoms with Gasteiger partial charge in [0.05, 0.1) is 0 Å². The molecule has 0 bridgehead atoms. The molecule has 2 heterocycles. The largest absolute Gasteiger partial charge is 0.369 e. The van der Waals surface area contributed by atoms with E-state index in [2.05, 4.69) is 26.2 Å². The summed E-state index contributed by atoms with van der Waals surface area (Å²) in [7, 11) is -4.53. The molecule has 9 heteroatoms. The molecule has 2 rings (SSSR count). The van der Waals surface area contributed by atoms with Crippen molar-refractivity contribution in [3.8, 4) is 0 Å². The Labute approximate surface area is 129 Å². The lowest BCUT2D eigenvalue weighted by Crippen LogP contribution is -2.42. The van der Waals surface area contributed by atoms with Gasteiger partial charge >= 0.3 is 0 Å². The first-order valence-electron chi connectivity index (χ1n) is 6.19. The number of hydrogen-bond donors (Lipinski definition) is 1. The van der Waals surface area contributed by atoms with E-state index in [1.165, 1.54) is 4.31 Å². The van der Waals surface area contributed by atoms with Crippen molar-refractivity contribution in [2.45, 2.75) is 11.8 Å². The summed E-state index contributed by atoms with van der Waals surface area (Å²) in [6.07, 6.45) is 1.56. The molecule has 1 aromatic rings. The normalized spacial score (nSPS) is 18.1. The van der Waals surface area contributed by atoms with Crippen LogP contribution in [0.4, 0.5) is 5.82 Å². The smallest absolute Gasteiger partial charge is 0.246 e. The highest BCUT2D eigenvalue weighted by molar-refractivity contribution is 9.10. The molecule has 0 aromatic carbocycles. The summed E-state index contributed by atoms with van der Waals surface area (Å²) in [6, 6.07) is 1.55. The Kier molecular flexibility index (Phi) is 5.16. The highest BCUT2D eigenvalue weighted by Gasteiger charge is 2.30. The predicted octanol–water partition coefficient (Wildman–Crippen LogP) is 1.03. The number of hydrogen-bond acceptors (Lipinski definition) is 5. The first-order valence-corrected chi connectivity index (χ1v) is 9.92. The molecule has 1 saturated heterocycles. The number of nitrogens with one attached hydrogen (secondary N) is 1. The fourth-order valence-corrected chi connectivity index (χ4v) is 5.27. The lowest BCUT2D eigenvalue weighted by molar-refractivity contribution is 0.438. The lowest BCUT2D eigenvalue weighted by Gasteiger charge is -2.26. The van der Waals surface area contributed by atoms with E-state index in [9.17, 15) is 12.6 Å². The molecule has 1 aliphatic rings. The van der Waals surface area contributed by atoms with Crippen molar-refractivity contribution in [3.63, 3.8) is 0 Å². The van der Waals surface area contributed by atoms with Crippen LogP contribution in [0.25, 0.3) is 0 Å². The zero-order chi connectivity index (χ0) is 14.8. The third-order valence-corrected chi connectivity index (χ3v) is 6.54. The standard InChI is InChI=1S/C11H16BrN3O3S2/c1-2-13-11-10(7-9(12)8-14-11)20(17,18)15-3-5-19(16)6-4-15/h7-8H,2-6H2,1H3,(H,13,14). The molecule has 0 aliphatic carbocycles. The van der Waals surface area contributed by atoms with E-state index >= 15 is 0 Å². The monoisotopic (exact) mass is 381 g/mol. The van der Waals surface area contributed by atoms with Crippen LogP contribution in [0.15, 0.2) is 21.6 Å². The van der Waals surface area contributed by atoms with Gasteiger partial charge in [0.25, 0.3) is 0 Å². The minimum Gasteiger partial charge on any atom is -0.369 e. The molecule has 112 valence electrons.